The van der Waals surface area contributed by atoms with Gasteiger partial charge in [0, 0.05) is 21.0 Å². The molecular weight excluding hydrogens is 601 g/mol. The van der Waals surface area contributed by atoms with E-state index in [0.29, 0.717) is 27.7 Å². The van der Waals surface area contributed by atoms with Crippen molar-refractivity contribution < 1.29 is 14.4 Å². The van der Waals surface area contributed by atoms with Gasteiger partial charge in [0.2, 0.25) is 5.91 Å². The first-order valence-corrected chi connectivity index (χ1v) is 16.5. The molecule has 3 amide bonds. The highest BCUT2D eigenvalue weighted by Gasteiger charge is 2.26. The summed E-state index contributed by atoms with van der Waals surface area (Å²) < 4.78 is 0. The molecule has 1 aliphatic carbocycles. The first-order chi connectivity index (χ1) is 21.7. The van der Waals surface area contributed by atoms with Crippen molar-refractivity contribution in [1.29, 1.82) is 5.26 Å². The maximum absolute atomic E-state index is 13.5. The van der Waals surface area contributed by atoms with Crippen molar-refractivity contribution in [3.8, 4) is 6.07 Å². The Morgan fingerprint density at radius 2 is 1.78 bits per heavy atom. The number of aryl methyl sites for hydroxylation is 1. The van der Waals surface area contributed by atoms with Gasteiger partial charge in [-0.3, -0.25) is 14.4 Å². The molecule has 0 spiro atoms. The number of rotatable bonds is 9. The summed E-state index contributed by atoms with van der Waals surface area (Å²) in [7, 11) is 0. The van der Waals surface area contributed by atoms with E-state index in [1.54, 1.807) is 48.5 Å². The molecule has 0 aliphatic heterocycles. The number of nitrogens with one attached hydrogen (secondary N) is 3. The van der Waals surface area contributed by atoms with Crippen LogP contribution < -0.4 is 16.0 Å². The molecule has 1 aliphatic rings. The van der Waals surface area contributed by atoms with Crippen molar-refractivity contribution in [2.45, 2.75) is 50.2 Å². The number of hydrogen-bond donors (Lipinski definition) is 3. The van der Waals surface area contributed by atoms with Crippen LogP contribution >= 0.6 is 23.1 Å². The van der Waals surface area contributed by atoms with Crippen LogP contribution in [0.15, 0.2) is 89.5 Å². The van der Waals surface area contributed by atoms with E-state index in [4.69, 9.17) is 0 Å². The van der Waals surface area contributed by atoms with Gasteiger partial charge in [0.05, 0.1) is 10.8 Å². The van der Waals surface area contributed by atoms with E-state index < -0.39 is 17.1 Å². The van der Waals surface area contributed by atoms with Crippen LogP contribution in [0.5, 0.6) is 0 Å². The number of thiophene rings is 1. The van der Waals surface area contributed by atoms with Gasteiger partial charge >= 0.3 is 0 Å². The minimum absolute atomic E-state index is 0.0971. The highest BCUT2D eigenvalue weighted by atomic mass is 32.2. The van der Waals surface area contributed by atoms with Crippen LogP contribution in [0.2, 0.25) is 0 Å². The zero-order chi connectivity index (χ0) is 31.9. The third-order valence-corrected chi connectivity index (χ3v) is 9.81. The zero-order valence-electron chi connectivity index (χ0n) is 25.3. The van der Waals surface area contributed by atoms with Crippen LogP contribution in [0, 0.1) is 24.2 Å². The normalized spacial score (nSPS) is 14.9. The Bertz CT molecular complexity index is 1790. The second-order valence-electron chi connectivity index (χ2n) is 11.2. The number of carbonyl (C=O) groups is 3. The molecule has 0 fully saturated rings. The van der Waals surface area contributed by atoms with Crippen molar-refractivity contribution in [1.82, 2.24) is 5.32 Å². The molecule has 3 aromatic carbocycles. The molecule has 1 aromatic heterocycles. The lowest BCUT2D eigenvalue weighted by molar-refractivity contribution is -0.115. The van der Waals surface area contributed by atoms with Crippen LogP contribution in [-0.2, 0) is 22.4 Å². The summed E-state index contributed by atoms with van der Waals surface area (Å²) in [4.78, 5) is 41.6. The number of carbonyl (C=O) groups excluding carboxylic acids is 3. The van der Waals surface area contributed by atoms with E-state index >= 15 is 0 Å². The lowest BCUT2D eigenvalue weighted by Crippen LogP contribution is -2.30. The molecule has 2 atom stereocenters. The highest BCUT2D eigenvalue weighted by molar-refractivity contribution is 8.00. The predicted molar refractivity (Wildman–Crippen MR) is 182 cm³/mol. The Hall–Kier alpha value is -4.65. The first kappa shape index (κ1) is 31.8. The molecule has 1 heterocycles. The SMILES string of the molecule is Cc1ccc(/C=C(/NC(=O)c2ccccc2)C(=O)Nc2cccc(SC(C)C(=O)Nc3sc4c(c3C#N)CCC(C)C4)c2)cc1. The fraction of sp³-hybridized carbons (Fsp3) is 0.222. The van der Waals surface area contributed by atoms with Gasteiger partial charge in [-0.1, -0.05) is 61.0 Å². The Balaban J connectivity index is 1.28. The summed E-state index contributed by atoms with van der Waals surface area (Å²) in [5, 5.41) is 18.6. The minimum Gasteiger partial charge on any atom is -0.321 e. The largest absolute Gasteiger partial charge is 0.321 e. The average Bonchev–Trinajstić information content (AvgIpc) is 3.37. The van der Waals surface area contributed by atoms with Gasteiger partial charge in [0.15, 0.2) is 0 Å². The summed E-state index contributed by atoms with van der Waals surface area (Å²) in [6.07, 6.45) is 4.49. The van der Waals surface area contributed by atoms with Gasteiger partial charge in [0.25, 0.3) is 11.8 Å². The van der Waals surface area contributed by atoms with Crippen LogP contribution in [-0.4, -0.2) is 23.0 Å². The lowest BCUT2D eigenvalue weighted by atomic mass is 9.89. The average molecular weight is 635 g/mol. The van der Waals surface area contributed by atoms with E-state index in [1.807, 2.05) is 50.2 Å². The predicted octanol–water partition coefficient (Wildman–Crippen LogP) is 7.58. The number of hydrogen-bond acceptors (Lipinski definition) is 6. The number of nitriles is 1. The molecule has 0 bridgehead atoms. The molecule has 3 N–H and O–H groups in total. The fourth-order valence-corrected chi connectivity index (χ4v) is 7.34. The van der Waals surface area contributed by atoms with Gasteiger partial charge < -0.3 is 16.0 Å². The highest BCUT2D eigenvalue weighted by Crippen LogP contribution is 2.39. The number of amides is 3. The Labute approximate surface area is 271 Å². The number of thioether (sulfide) groups is 1. The maximum Gasteiger partial charge on any atom is 0.272 e. The molecule has 0 saturated heterocycles. The molecule has 228 valence electrons. The Morgan fingerprint density at radius 1 is 1.02 bits per heavy atom. The maximum atomic E-state index is 13.5. The van der Waals surface area contributed by atoms with E-state index in [0.717, 1.165) is 40.8 Å². The molecule has 7 nitrogen and oxygen atoms in total. The number of nitrogens with zero attached hydrogens (tertiary/aromatic N) is 1. The topological polar surface area (TPSA) is 111 Å². The van der Waals surface area contributed by atoms with Gasteiger partial charge in [0.1, 0.15) is 16.8 Å². The second kappa shape index (κ2) is 14.4. The lowest BCUT2D eigenvalue weighted by Gasteiger charge is -2.17. The van der Waals surface area contributed by atoms with Gasteiger partial charge in [-0.25, -0.2) is 0 Å². The van der Waals surface area contributed by atoms with Crippen molar-refractivity contribution in [3.05, 3.63) is 117 Å². The molecule has 2 unspecified atom stereocenters. The van der Waals surface area contributed by atoms with Crippen molar-refractivity contribution in [2.75, 3.05) is 10.6 Å². The van der Waals surface area contributed by atoms with E-state index in [2.05, 4.69) is 28.9 Å². The van der Waals surface area contributed by atoms with Crippen LogP contribution in [0.1, 0.15) is 57.8 Å². The molecule has 0 radical (unpaired) electrons. The summed E-state index contributed by atoms with van der Waals surface area (Å²) in [6, 6.07) is 25.9. The third-order valence-electron chi connectivity index (χ3n) is 7.55. The van der Waals surface area contributed by atoms with Gasteiger partial charge in [-0.2, -0.15) is 5.26 Å². The Kier molecular flexibility index (Phi) is 10.2. The first-order valence-electron chi connectivity index (χ1n) is 14.8. The monoisotopic (exact) mass is 634 g/mol. The molecule has 5 rings (SSSR count). The standard InChI is InChI=1S/C36H34N4O3S2/c1-22-12-15-25(16-13-22)19-31(39-34(42)26-8-5-4-6-9-26)35(43)38-27-10-7-11-28(20-27)44-24(3)33(41)40-36-30(21-37)29-17-14-23(2)18-32(29)45-36/h4-13,15-16,19-20,23-24H,14,17-18H2,1-3H3,(H,38,43)(H,39,42)(H,40,41)/b31-19+. The van der Waals surface area contributed by atoms with Crippen molar-refractivity contribution in [2.24, 2.45) is 5.92 Å². The molecule has 4 aromatic rings. The van der Waals surface area contributed by atoms with Crippen molar-refractivity contribution >= 4 is 57.6 Å². The second-order valence-corrected chi connectivity index (χ2v) is 13.7. The number of benzene rings is 3. The third kappa shape index (κ3) is 8.09. The molecular formula is C36H34N4O3S2. The Morgan fingerprint density at radius 3 is 2.51 bits per heavy atom. The summed E-state index contributed by atoms with van der Waals surface area (Å²) in [6.45, 7) is 6.01. The van der Waals surface area contributed by atoms with Crippen molar-refractivity contribution in [3.63, 3.8) is 0 Å². The smallest absolute Gasteiger partial charge is 0.272 e. The quantitative estimate of drug-likeness (QED) is 0.130. The molecule has 45 heavy (non-hydrogen) atoms. The minimum atomic E-state index is -0.479. The molecule has 0 saturated carbocycles. The zero-order valence-corrected chi connectivity index (χ0v) is 27.0. The van der Waals surface area contributed by atoms with Gasteiger partial charge in [-0.15, -0.1) is 23.1 Å². The summed E-state index contributed by atoms with van der Waals surface area (Å²) in [5.74, 6) is -0.492. The van der Waals surface area contributed by atoms with E-state index in [1.165, 1.54) is 28.0 Å². The van der Waals surface area contributed by atoms with Crippen LogP contribution in [0.4, 0.5) is 10.7 Å². The van der Waals surface area contributed by atoms with Crippen LogP contribution in [0.3, 0.4) is 0 Å². The summed E-state index contributed by atoms with van der Waals surface area (Å²) in [5.41, 5.74) is 4.57. The van der Waals surface area contributed by atoms with E-state index in [9.17, 15) is 19.6 Å². The number of anilines is 2. The molecule has 9 heteroatoms. The number of fused-ring (bicyclic) bond motifs is 1. The summed E-state index contributed by atoms with van der Waals surface area (Å²) >= 11 is 2.87. The van der Waals surface area contributed by atoms with E-state index in [-0.39, 0.29) is 11.6 Å². The van der Waals surface area contributed by atoms with Crippen LogP contribution in [0.25, 0.3) is 6.08 Å². The van der Waals surface area contributed by atoms with Gasteiger partial charge in [-0.05, 0) is 86.6 Å². The fourth-order valence-electron chi connectivity index (χ4n) is 5.05.